The lowest BCUT2D eigenvalue weighted by Gasteiger charge is -2.33. The highest BCUT2D eigenvalue weighted by molar-refractivity contribution is 5.91. The molecule has 4 heteroatoms. The summed E-state index contributed by atoms with van der Waals surface area (Å²) in [6, 6.07) is 8.08. The van der Waals surface area contributed by atoms with Crippen LogP contribution in [0.2, 0.25) is 0 Å². The number of carbonyl (C=O) groups is 1. The lowest BCUT2D eigenvalue weighted by molar-refractivity contribution is -0.116. The normalized spacial score (nSPS) is 16.9. The van der Waals surface area contributed by atoms with Crippen LogP contribution in [0.25, 0.3) is 0 Å². The molecule has 1 saturated heterocycles. The van der Waals surface area contributed by atoms with Gasteiger partial charge in [-0.2, -0.15) is 0 Å². The molecule has 0 atom stereocenters. The van der Waals surface area contributed by atoms with E-state index in [1.165, 1.54) is 5.56 Å². The summed E-state index contributed by atoms with van der Waals surface area (Å²) < 4.78 is 0. The van der Waals surface area contributed by atoms with Gasteiger partial charge in [-0.25, -0.2) is 0 Å². The second kappa shape index (κ2) is 8.30. The number of likely N-dealkylation sites (N-methyl/N-ethyl adjacent to an activating group) is 1. The van der Waals surface area contributed by atoms with E-state index in [4.69, 9.17) is 0 Å². The number of benzene rings is 1. The van der Waals surface area contributed by atoms with Crippen LogP contribution in [0.3, 0.4) is 0 Å². The highest BCUT2D eigenvalue weighted by atomic mass is 16.1. The number of amides is 1. The van der Waals surface area contributed by atoms with Crippen molar-refractivity contribution in [3.8, 4) is 0 Å². The number of piperazine rings is 1. The summed E-state index contributed by atoms with van der Waals surface area (Å²) >= 11 is 0. The van der Waals surface area contributed by atoms with Crippen molar-refractivity contribution < 1.29 is 4.79 Å². The van der Waals surface area contributed by atoms with Crippen LogP contribution in [-0.2, 0) is 4.79 Å². The Kier molecular flexibility index (Phi) is 6.40. The molecular weight excluding hydrogens is 274 g/mol. The topological polar surface area (TPSA) is 35.6 Å². The molecule has 0 spiro atoms. The molecule has 1 amide bonds. The number of nitrogens with zero attached hydrogens (tertiary/aromatic N) is 2. The van der Waals surface area contributed by atoms with Gasteiger partial charge in [-0.15, -0.1) is 0 Å². The van der Waals surface area contributed by atoms with Crippen molar-refractivity contribution in [2.45, 2.75) is 33.1 Å². The summed E-state index contributed by atoms with van der Waals surface area (Å²) in [6.45, 7) is 12.9. The van der Waals surface area contributed by atoms with Gasteiger partial charge < -0.3 is 15.1 Å². The Morgan fingerprint density at radius 3 is 2.41 bits per heavy atom. The largest absolute Gasteiger partial charge is 0.326 e. The van der Waals surface area contributed by atoms with E-state index >= 15 is 0 Å². The predicted molar refractivity (Wildman–Crippen MR) is 92.3 cm³/mol. The summed E-state index contributed by atoms with van der Waals surface area (Å²) in [5.41, 5.74) is 2.16. The van der Waals surface area contributed by atoms with E-state index in [2.05, 4.69) is 42.0 Å². The molecule has 4 nitrogen and oxygen atoms in total. The van der Waals surface area contributed by atoms with Gasteiger partial charge in [0.15, 0.2) is 0 Å². The van der Waals surface area contributed by atoms with E-state index < -0.39 is 0 Å². The van der Waals surface area contributed by atoms with Crippen LogP contribution < -0.4 is 5.32 Å². The van der Waals surface area contributed by atoms with Crippen molar-refractivity contribution in [2.75, 3.05) is 44.6 Å². The number of carbonyl (C=O) groups excluding carboxylic acids is 1. The molecule has 2 rings (SSSR count). The molecule has 0 bridgehead atoms. The first-order valence-electron chi connectivity index (χ1n) is 8.43. The van der Waals surface area contributed by atoms with Gasteiger partial charge in [-0.3, -0.25) is 4.79 Å². The van der Waals surface area contributed by atoms with E-state index in [1.54, 1.807) is 0 Å². The zero-order chi connectivity index (χ0) is 15.9. The van der Waals surface area contributed by atoms with Crippen LogP contribution in [0.15, 0.2) is 24.3 Å². The number of anilines is 1. The van der Waals surface area contributed by atoms with Gasteiger partial charge in [0.25, 0.3) is 0 Å². The molecule has 122 valence electrons. The number of nitrogens with one attached hydrogen (secondary N) is 1. The molecule has 1 fully saturated rings. The summed E-state index contributed by atoms with van der Waals surface area (Å²) in [7, 11) is 0. The lowest BCUT2D eigenvalue weighted by atomic mass is 10.0. The molecule has 0 unspecified atom stereocenters. The van der Waals surface area contributed by atoms with E-state index in [-0.39, 0.29) is 5.91 Å². The number of hydrogen-bond donors (Lipinski definition) is 1. The highest BCUT2D eigenvalue weighted by Gasteiger charge is 2.16. The van der Waals surface area contributed by atoms with Gasteiger partial charge in [0.1, 0.15) is 0 Å². The van der Waals surface area contributed by atoms with Crippen LogP contribution in [-0.4, -0.2) is 55.0 Å². The van der Waals surface area contributed by atoms with Crippen LogP contribution in [0, 0.1) is 0 Å². The number of rotatable bonds is 6. The molecule has 1 aliphatic rings. The first-order chi connectivity index (χ1) is 10.6. The molecule has 0 saturated carbocycles. The molecule has 0 radical (unpaired) electrons. The molecule has 0 aliphatic carbocycles. The second-order valence-electron chi connectivity index (χ2n) is 6.32. The van der Waals surface area contributed by atoms with Crippen molar-refractivity contribution in [3.63, 3.8) is 0 Å². The maximum atomic E-state index is 12.2. The molecule has 1 aromatic carbocycles. The zero-order valence-electron chi connectivity index (χ0n) is 14.1. The Morgan fingerprint density at radius 2 is 1.77 bits per heavy atom. The fourth-order valence-corrected chi connectivity index (χ4v) is 2.92. The van der Waals surface area contributed by atoms with E-state index in [0.717, 1.165) is 45.0 Å². The van der Waals surface area contributed by atoms with Crippen LogP contribution >= 0.6 is 0 Å². The van der Waals surface area contributed by atoms with Crippen molar-refractivity contribution in [1.82, 2.24) is 9.80 Å². The first-order valence-corrected chi connectivity index (χ1v) is 8.43. The molecular formula is C18H29N3O. The van der Waals surface area contributed by atoms with Crippen molar-refractivity contribution in [3.05, 3.63) is 29.8 Å². The zero-order valence-corrected chi connectivity index (χ0v) is 14.1. The van der Waals surface area contributed by atoms with Gasteiger partial charge in [0.2, 0.25) is 5.91 Å². The van der Waals surface area contributed by atoms with Crippen LogP contribution in [0.5, 0.6) is 0 Å². The van der Waals surface area contributed by atoms with E-state index in [0.29, 0.717) is 12.3 Å². The van der Waals surface area contributed by atoms with E-state index in [9.17, 15) is 4.79 Å². The fourth-order valence-electron chi connectivity index (χ4n) is 2.92. The van der Waals surface area contributed by atoms with Gasteiger partial charge in [-0.1, -0.05) is 39.0 Å². The molecule has 1 heterocycles. The average molecular weight is 303 g/mol. The smallest absolute Gasteiger partial charge is 0.225 e. The summed E-state index contributed by atoms with van der Waals surface area (Å²) in [5.74, 6) is 0.532. The SMILES string of the molecule is CCN1CCN(CCC(=O)Nc2ccccc2C(C)C)CC1. The van der Waals surface area contributed by atoms with E-state index in [1.807, 2.05) is 18.2 Å². The molecule has 0 aromatic heterocycles. The Labute approximate surface area is 134 Å². The monoisotopic (exact) mass is 303 g/mol. The maximum Gasteiger partial charge on any atom is 0.225 e. The Morgan fingerprint density at radius 1 is 1.14 bits per heavy atom. The molecule has 22 heavy (non-hydrogen) atoms. The number of hydrogen-bond acceptors (Lipinski definition) is 3. The third-order valence-electron chi connectivity index (χ3n) is 4.42. The third-order valence-corrected chi connectivity index (χ3v) is 4.42. The standard InChI is InChI=1S/C18H29N3O/c1-4-20-11-13-21(14-12-20)10-9-18(22)19-17-8-6-5-7-16(17)15(2)3/h5-8,15H,4,9-14H2,1-3H3,(H,19,22). The Bertz CT molecular complexity index is 479. The quantitative estimate of drug-likeness (QED) is 0.878. The Balaban J connectivity index is 1.79. The Hall–Kier alpha value is -1.39. The molecule has 1 aliphatic heterocycles. The van der Waals surface area contributed by atoms with Crippen LogP contribution in [0.4, 0.5) is 5.69 Å². The van der Waals surface area contributed by atoms with Gasteiger partial charge in [0, 0.05) is 44.8 Å². The third kappa shape index (κ3) is 4.82. The van der Waals surface area contributed by atoms with Crippen molar-refractivity contribution in [1.29, 1.82) is 0 Å². The first kappa shape index (κ1) is 17.0. The average Bonchev–Trinajstić information content (AvgIpc) is 2.53. The second-order valence-corrected chi connectivity index (χ2v) is 6.32. The summed E-state index contributed by atoms with van der Waals surface area (Å²) in [5, 5.41) is 3.08. The number of para-hydroxylation sites is 1. The molecule has 1 aromatic rings. The molecule has 1 N–H and O–H groups in total. The predicted octanol–water partition coefficient (Wildman–Crippen LogP) is 2.78. The van der Waals surface area contributed by atoms with Gasteiger partial charge in [-0.05, 0) is 24.1 Å². The summed E-state index contributed by atoms with van der Waals surface area (Å²) in [4.78, 5) is 17.0. The van der Waals surface area contributed by atoms with Gasteiger partial charge in [0.05, 0.1) is 0 Å². The highest BCUT2D eigenvalue weighted by Crippen LogP contribution is 2.23. The minimum absolute atomic E-state index is 0.117. The maximum absolute atomic E-state index is 12.2. The van der Waals surface area contributed by atoms with Crippen LogP contribution in [0.1, 0.15) is 38.7 Å². The minimum Gasteiger partial charge on any atom is -0.326 e. The minimum atomic E-state index is 0.117. The van der Waals surface area contributed by atoms with Gasteiger partial charge >= 0.3 is 0 Å². The fraction of sp³-hybridized carbons (Fsp3) is 0.611. The summed E-state index contributed by atoms with van der Waals surface area (Å²) in [6.07, 6.45) is 0.568. The lowest BCUT2D eigenvalue weighted by Crippen LogP contribution is -2.46. The van der Waals surface area contributed by atoms with Crippen molar-refractivity contribution in [2.24, 2.45) is 0 Å². The van der Waals surface area contributed by atoms with Crippen molar-refractivity contribution >= 4 is 11.6 Å².